The molecule has 0 aliphatic carbocycles. The second-order valence-electron chi connectivity index (χ2n) is 5.51. The van der Waals surface area contributed by atoms with Crippen molar-refractivity contribution in [1.29, 1.82) is 0 Å². The number of hydrogen-bond acceptors (Lipinski definition) is 4. The van der Waals surface area contributed by atoms with E-state index in [1.165, 1.54) is 13.1 Å². The van der Waals surface area contributed by atoms with Gasteiger partial charge in [0.25, 0.3) is 5.91 Å². The highest BCUT2D eigenvalue weighted by atomic mass is 16.5. The normalized spacial score (nSPS) is 10.0. The van der Waals surface area contributed by atoms with Gasteiger partial charge in [-0.05, 0) is 42.5 Å². The van der Waals surface area contributed by atoms with Crippen LogP contribution < -0.4 is 15.4 Å². The van der Waals surface area contributed by atoms with Crippen molar-refractivity contribution in [2.45, 2.75) is 6.92 Å². The summed E-state index contributed by atoms with van der Waals surface area (Å²) < 4.78 is 5.60. The molecule has 0 fully saturated rings. The van der Waals surface area contributed by atoms with Crippen molar-refractivity contribution in [3.05, 3.63) is 78.5 Å². The van der Waals surface area contributed by atoms with E-state index in [1.807, 2.05) is 30.3 Å². The molecule has 0 radical (unpaired) electrons. The summed E-state index contributed by atoms with van der Waals surface area (Å²) >= 11 is 0. The van der Waals surface area contributed by atoms with E-state index in [0.717, 1.165) is 0 Å². The van der Waals surface area contributed by atoms with Crippen LogP contribution in [-0.4, -0.2) is 16.8 Å². The summed E-state index contributed by atoms with van der Waals surface area (Å²) in [5.41, 5.74) is 1.70. The minimum absolute atomic E-state index is 0.148. The molecular formula is C20H17N3O3. The third-order valence-electron chi connectivity index (χ3n) is 3.43. The van der Waals surface area contributed by atoms with Crippen molar-refractivity contribution in [3.8, 4) is 11.6 Å². The predicted molar refractivity (Wildman–Crippen MR) is 99.5 cm³/mol. The van der Waals surface area contributed by atoms with Crippen LogP contribution in [0, 0.1) is 0 Å². The third kappa shape index (κ3) is 4.67. The van der Waals surface area contributed by atoms with Gasteiger partial charge in [0.2, 0.25) is 11.8 Å². The fraction of sp³-hybridized carbons (Fsp3) is 0.0500. The Hall–Kier alpha value is -3.67. The van der Waals surface area contributed by atoms with Crippen LogP contribution in [-0.2, 0) is 4.79 Å². The van der Waals surface area contributed by atoms with E-state index in [4.69, 9.17) is 4.74 Å². The van der Waals surface area contributed by atoms with Crippen LogP contribution >= 0.6 is 0 Å². The summed E-state index contributed by atoms with van der Waals surface area (Å²) in [6.45, 7) is 1.44. The zero-order valence-electron chi connectivity index (χ0n) is 14.1. The summed E-state index contributed by atoms with van der Waals surface area (Å²) in [5.74, 6) is 0.658. The van der Waals surface area contributed by atoms with E-state index in [2.05, 4.69) is 15.6 Å². The smallest absolute Gasteiger partial charge is 0.257 e. The Kier molecular flexibility index (Phi) is 5.24. The van der Waals surface area contributed by atoms with Gasteiger partial charge in [0.15, 0.2) is 0 Å². The summed E-state index contributed by atoms with van der Waals surface area (Å²) in [4.78, 5) is 27.4. The Morgan fingerprint density at radius 2 is 1.50 bits per heavy atom. The van der Waals surface area contributed by atoms with E-state index in [9.17, 15) is 9.59 Å². The van der Waals surface area contributed by atoms with Crippen LogP contribution in [0.5, 0.6) is 11.6 Å². The molecule has 130 valence electrons. The van der Waals surface area contributed by atoms with Crippen molar-refractivity contribution in [2.75, 3.05) is 10.6 Å². The highest BCUT2D eigenvalue weighted by molar-refractivity contribution is 6.04. The first-order valence-electron chi connectivity index (χ1n) is 7.98. The Balaban J connectivity index is 1.62. The number of amides is 2. The number of aromatic nitrogens is 1. The first-order chi connectivity index (χ1) is 12.6. The predicted octanol–water partition coefficient (Wildman–Crippen LogP) is 4.08. The Bertz CT molecular complexity index is 892. The van der Waals surface area contributed by atoms with Gasteiger partial charge in [-0.2, -0.15) is 0 Å². The molecule has 3 rings (SSSR count). The van der Waals surface area contributed by atoms with Gasteiger partial charge in [0.05, 0.1) is 5.56 Å². The Morgan fingerprint density at radius 3 is 2.08 bits per heavy atom. The lowest BCUT2D eigenvalue weighted by Gasteiger charge is -2.08. The number of ether oxygens (including phenoxy) is 1. The first kappa shape index (κ1) is 17.2. The van der Waals surface area contributed by atoms with Crippen LogP contribution in [0.1, 0.15) is 17.3 Å². The number of carbonyl (C=O) groups excluding carboxylic acids is 2. The molecule has 0 bridgehead atoms. The zero-order chi connectivity index (χ0) is 18.4. The lowest BCUT2D eigenvalue weighted by atomic mass is 10.2. The molecule has 1 aromatic heterocycles. The quantitative estimate of drug-likeness (QED) is 0.729. The molecule has 6 nitrogen and oxygen atoms in total. The number of nitrogens with one attached hydrogen (secondary N) is 2. The summed E-state index contributed by atoms with van der Waals surface area (Å²) in [5, 5.41) is 5.44. The van der Waals surface area contributed by atoms with Crippen molar-refractivity contribution in [1.82, 2.24) is 4.98 Å². The van der Waals surface area contributed by atoms with E-state index in [-0.39, 0.29) is 11.8 Å². The number of benzene rings is 2. The molecule has 0 atom stereocenters. The van der Waals surface area contributed by atoms with Gasteiger partial charge in [0, 0.05) is 30.6 Å². The SMILES string of the molecule is CC(=O)Nc1ccc(NC(=O)c2ccc(Oc3ccccc3)nc2)cc1. The number of para-hydroxylation sites is 1. The molecule has 2 N–H and O–H groups in total. The zero-order valence-corrected chi connectivity index (χ0v) is 14.1. The van der Waals surface area contributed by atoms with Gasteiger partial charge < -0.3 is 15.4 Å². The number of pyridine rings is 1. The summed E-state index contributed by atoms with van der Waals surface area (Å²) in [7, 11) is 0. The minimum Gasteiger partial charge on any atom is -0.439 e. The molecule has 0 spiro atoms. The molecule has 0 saturated carbocycles. The molecular weight excluding hydrogens is 330 g/mol. The lowest BCUT2D eigenvalue weighted by Crippen LogP contribution is -2.12. The van der Waals surface area contributed by atoms with E-state index in [0.29, 0.717) is 28.6 Å². The molecule has 3 aromatic rings. The average molecular weight is 347 g/mol. The van der Waals surface area contributed by atoms with Gasteiger partial charge in [-0.3, -0.25) is 9.59 Å². The van der Waals surface area contributed by atoms with Crippen molar-refractivity contribution >= 4 is 23.2 Å². The highest BCUT2D eigenvalue weighted by Gasteiger charge is 2.08. The molecule has 26 heavy (non-hydrogen) atoms. The lowest BCUT2D eigenvalue weighted by molar-refractivity contribution is -0.114. The Morgan fingerprint density at radius 1 is 0.846 bits per heavy atom. The maximum atomic E-state index is 12.3. The maximum absolute atomic E-state index is 12.3. The number of carbonyl (C=O) groups is 2. The molecule has 1 heterocycles. The fourth-order valence-electron chi connectivity index (χ4n) is 2.23. The second kappa shape index (κ2) is 7.94. The number of rotatable bonds is 5. The molecule has 0 aliphatic rings. The third-order valence-corrected chi connectivity index (χ3v) is 3.43. The summed E-state index contributed by atoms with van der Waals surface area (Å²) in [6, 6.07) is 19.4. The number of anilines is 2. The molecule has 0 unspecified atom stereocenters. The molecule has 6 heteroatoms. The van der Waals surface area contributed by atoms with Gasteiger partial charge in [-0.1, -0.05) is 18.2 Å². The van der Waals surface area contributed by atoms with E-state index >= 15 is 0 Å². The van der Waals surface area contributed by atoms with Crippen molar-refractivity contribution in [2.24, 2.45) is 0 Å². The van der Waals surface area contributed by atoms with Crippen LogP contribution in [0.25, 0.3) is 0 Å². The van der Waals surface area contributed by atoms with Crippen LogP contribution in [0.15, 0.2) is 72.9 Å². The van der Waals surface area contributed by atoms with Gasteiger partial charge >= 0.3 is 0 Å². The number of nitrogens with zero attached hydrogens (tertiary/aromatic N) is 1. The van der Waals surface area contributed by atoms with Crippen LogP contribution in [0.2, 0.25) is 0 Å². The van der Waals surface area contributed by atoms with Gasteiger partial charge in [-0.15, -0.1) is 0 Å². The maximum Gasteiger partial charge on any atom is 0.257 e. The standard InChI is InChI=1S/C20H17N3O3/c1-14(24)22-16-8-10-17(11-9-16)23-20(25)15-7-12-19(21-13-15)26-18-5-3-2-4-6-18/h2-13H,1H3,(H,22,24)(H,23,25). The second-order valence-corrected chi connectivity index (χ2v) is 5.51. The van der Waals surface area contributed by atoms with E-state index in [1.54, 1.807) is 36.4 Å². The van der Waals surface area contributed by atoms with Crippen molar-refractivity contribution < 1.29 is 14.3 Å². The minimum atomic E-state index is -0.281. The molecule has 0 saturated heterocycles. The molecule has 2 aromatic carbocycles. The molecule has 0 aliphatic heterocycles. The molecule has 2 amide bonds. The Labute approximate surface area is 150 Å². The van der Waals surface area contributed by atoms with Crippen LogP contribution in [0.3, 0.4) is 0 Å². The first-order valence-corrected chi connectivity index (χ1v) is 7.98. The fourth-order valence-corrected chi connectivity index (χ4v) is 2.23. The average Bonchev–Trinajstić information content (AvgIpc) is 2.64. The summed E-state index contributed by atoms with van der Waals surface area (Å²) in [6.07, 6.45) is 1.46. The van der Waals surface area contributed by atoms with E-state index < -0.39 is 0 Å². The topological polar surface area (TPSA) is 80.3 Å². The number of hydrogen-bond donors (Lipinski definition) is 2. The van der Waals surface area contributed by atoms with Gasteiger partial charge in [-0.25, -0.2) is 4.98 Å². The van der Waals surface area contributed by atoms with Crippen molar-refractivity contribution in [3.63, 3.8) is 0 Å². The monoisotopic (exact) mass is 347 g/mol. The van der Waals surface area contributed by atoms with Crippen LogP contribution in [0.4, 0.5) is 11.4 Å². The highest BCUT2D eigenvalue weighted by Crippen LogP contribution is 2.19. The largest absolute Gasteiger partial charge is 0.439 e. The van der Waals surface area contributed by atoms with Gasteiger partial charge in [0.1, 0.15) is 5.75 Å².